The van der Waals surface area contributed by atoms with Crippen molar-refractivity contribution in [3.8, 4) is 0 Å². The van der Waals surface area contributed by atoms with Gasteiger partial charge in [0.1, 0.15) is 0 Å². The largest absolute Gasteiger partial charge is 0.252 e. The Morgan fingerprint density at radius 2 is 1.18 bits per heavy atom. The van der Waals surface area contributed by atoms with E-state index < -0.39 is 14.9 Å². The van der Waals surface area contributed by atoms with Gasteiger partial charge in [0.05, 0.1) is 15.7 Å². The molecule has 1 aliphatic rings. The van der Waals surface area contributed by atoms with Gasteiger partial charge < -0.3 is 0 Å². The van der Waals surface area contributed by atoms with Crippen LogP contribution in [0, 0.1) is 0 Å². The topological polar surface area (TPSA) is 17.1 Å². The number of fused-ring (bicyclic) bond motifs is 1. The van der Waals surface area contributed by atoms with E-state index in [-0.39, 0.29) is 0 Å². The standard InChI is InChI=1S/C19H14OS2/c20-22-18-14-8-7-13-17(18)21-19(22,15-9-3-1-4-10-15)16-11-5-2-6-12-16/h1-14H. The first kappa shape index (κ1) is 13.8. The van der Waals surface area contributed by atoms with Crippen molar-refractivity contribution in [3.05, 3.63) is 96.1 Å². The van der Waals surface area contributed by atoms with Crippen molar-refractivity contribution in [2.24, 2.45) is 0 Å². The zero-order chi connectivity index (χ0) is 15.0. The number of hydrogen-bond donors (Lipinski definition) is 0. The molecule has 0 fully saturated rings. The molecule has 1 nitrogen and oxygen atoms in total. The highest BCUT2D eigenvalue weighted by Gasteiger charge is 2.48. The molecular weight excluding hydrogens is 308 g/mol. The molecule has 0 saturated heterocycles. The maximum Gasteiger partial charge on any atom is 0.150 e. The van der Waals surface area contributed by atoms with E-state index in [1.165, 1.54) is 0 Å². The van der Waals surface area contributed by atoms with E-state index in [2.05, 4.69) is 30.3 Å². The monoisotopic (exact) mass is 322 g/mol. The summed E-state index contributed by atoms with van der Waals surface area (Å²) in [6.45, 7) is 0. The van der Waals surface area contributed by atoms with E-state index in [9.17, 15) is 4.21 Å². The van der Waals surface area contributed by atoms with Crippen LogP contribution in [0.5, 0.6) is 0 Å². The minimum atomic E-state index is -1.13. The molecule has 4 rings (SSSR count). The molecule has 108 valence electrons. The summed E-state index contributed by atoms with van der Waals surface area (Å²) in [6.07, 6.45) is 0. The number of thioether (sulfide) groups is 1. The highest BCUT2D eigenvalue weighted by molar-refractivity contribution is 8.14. The number of rotatable bonds is 2. The molecular formula is C19H14OS2. The molecule has 3 heteroatoms. The average molecular weight is 322 g/mol. The third-order valence-corrected chi connectivity index (χ3v) is 7.79. The first-order valence-corrected chi connectivity index (χ1v) is 9.10. The van der Waals surface area contributed by atoms with Crippen LogP contribution in [0.25, 0.3) is 0 Å². The van der Waals surface area contributed by atoms with E-state index in [0.717, 1.165) is 20.9 Å². The lowest BCUT2D eigenvalue weighted by atomic mass is 10.0. The quantitative estimate of drug-likeness (QED) is 0.674. The highest BCUT2D eigenvalue weighted by Crippen LogP contribution is 2.57. The van der Waals surface area contributed by atoms with Gasteiger partial charge in [-0.05, 0) is 23.3 Å². The van der Waals surface area contributed by atoms with Crippen LogP contribution in [0.15, 0.2) is 94.7 Å². The molecule has 0 radical (unpaired) electrons. The molecule has 1 aliphatic heterocycles. The average Bonchev–Trinajstić information content (AvgIpc) is 2.91. The van der Waals surface area contributed by atoms with Gasteiger partial charge in [0.15, 0.2) is 4.08 Å². The predicted molar refractivity (Wildman–Crippen MR) is 92.4 cm³/mol. The lowest BCUT2D eigenvalue weighted by Crippen LogP contribution is -2.25. The van der Waals surface area contributed by atoms with Gasteiger partial charge in [-0.3, -0.25) is 4.21 Å². The molecule has 0 spiro atoms. The summed E-state index contributed by atoms with van der Waals surface area (Å²) in [5.74, 6) is 0. The second-order valence-corrected chi connectivity index (χ2v) is 8.27. The van der Waals surface area contributed by atoms with Crippen LogP contribution in [0.4, 0.5) is 0 Å². The second-order valence-electron chi connectivity index (χ2n) is 5.17. The minimum Gasteiger partial charge on any atom is -0.252 e. The fraction of sp³-hybridized carbons (Fsp3) is 0.0526. The molecule has 3 aromatic carbocycles. The van der Waals surface area contributed by atoms with Crippen LogP contribution in [0.3, 0.4) is 0 Å². The summed E-state index contributed by atoms with van der Waals surface area (Å²) < 4.78 is 12.8. The van der Waals surface area contributed by atoms with E-state index in [0.29, 0.717) is 0 Å². The van der Waals surface area contributed by atoms with Gasteiger partial charge in [-0.25, -0.2) is 0 Å². The van der Waals surface area contributed by atoms with Crippen LogP contribution in [0.2, 0.25) is 0 Å². The summed E-state index contributed by atoms with van der Waals surface area (Å²) in [7, 11) is -1.13. The van der Waals surface area contributed by atoms with Crippen molar-refractivity contribution in [2.45, 2.75) is 13.9 Å². The van der Waals surface area contributed by atoms with Crippen LogP contribution >= 0.6 is 11.8 Å². The molecule has 1 unspecified atom stereocenters. The lowest BCUT2D eigenvalue weighted by Gasteiger charge is -2.28. The second kappa shape index (κ2) is 5.41. The Hall–Kier alpha value is -1.84. The van der Waals surface area contributed by atoms with E-state index in [4.69, 9.17) is 0 Å². The molecule has 3 aromatic rings. The Morgan fingerprint density at radius 3 is 1.73 bits per heavy atom. The first-order chi connectivity index (χ1) is 10.8. The zero-order valence-electron chi connectivity index (χ0n) is 11.8. The summed E-state index contributed by atoms with van der Waals surface area (Å²) in [4.78, 5) is 2.04. The molecule has 0 aliphatic carbocycles. The molecule has 22 heavy (non-hydrogen) atoms. The summed E-state index contributed by atoms with van der Waals surface area (Å²) in [5, 5.41) is 0. The maximum absolute atomic E-state index is 13.4. The summed E-state index contributed by atoms with van der Waals surface area (Å²) in [6, 6.07) is 28.4. The van der Waals surface area contributed by atoms with Gasteiger partial charge in [0.25, 0.3) is 0 Å². The zero-order valence-corrected chi connectivity index (χ0v) is 13.4. The first-order valence-electron chi connectivity index (χ1n) is 7.13. The molecule has 0 N–H and O–H groups in total. The SMILES string of the molecule is O=S1c2ccccc2SC1(c1ccccc1)c1ccccc1. The lowest BCUT2D eigenvalue weighted by molar-refractivity contribution is 0.675. The third-order valence-electron chi connectivity index (χ3n) is 3.87. The van der Waals surface area contributed by atoms with E-state index in [1.807, 2.05) is 54.6 Å². The fourth-order valence-electron chi connectivity index (χ4n) is 2.85. The summed E-state index contributed by atoms with van der Waals surface area (Å²) >= 11 is 1.70. The Labute approximate surface area is 136 Å². The van der Waals surface area contributed by atoms with Gasteiger partial charge in [0, 0.05) is 4.90 Å². The molecule has 0 amide bonds. The molecule has 1 atom stereocenters. The Kier molecular flexibility index (Phi) is 3.40. The van der Waals surface area contributed by atoms with Crippen LogP contribution in [-0.4, -0.2) is 4.21 Å². The van der Waals surface area contributed by atoms with E-state index >= 15 is 0 Å². The molecule has 0 aromatic heterocycles. The Morgan fingerprint density at radius 1 is 0.682 bits per heavy atom. The van der Waals surface area contributed by atoms with Gasteiger partial charge >= 0.3 is 0 Å². The molecule has 0 saturated carbocycles. The van der Waals surface area contributed by atoms with Crippen molar-refractivity contribution in [1.82, 2.24) is 0 Å². The van der Waals surface area contributed by atoms with Crippen LogP contribution in [-0.2, 0) is 14.9 Å². The van der Waals surface area contributed by atoms with Crippen molar-refractivity contribution in [1.29, 1.82) is 0 Å². The molecule has 1 heterocycles. The van der Waals surface area contributed by atoms with Crippen molar-refractivity contribution in [3.63, 3.8) is 0 Å². The van der Waals surface area contributed by atoms with Gasteiger partial charge in [-0.15, -0.1) is 0 Å². The van der Waals surface area contributed by atoms with Crippen molar-refractivity contribution in [2.75, 3.05) is 0 Å². The minimum absolute atomic E-state index is 0.563. The van der Waals surface area contributed by atoms with E-state index in [1.54, 1.807) is 11.8 Å². The smallest absolute Gasteiger partial charge is 0.150 e. The number of hydrogen-bond acceptors (Lipinski definition) is 2. The van der Waals surface area contributed by atoms with Gasteiger partial charge in [0.2, 0.25) is 0 Å². The summed E-state index contributed by atoms with van der Waals surface area (Å²) in [5.41, 5.74) is 2.17. The van der Waals surface area contributed by atoms with Crippen LogP contribution in [0.1, 0.15) is 11.1 Å². The maximum atomic E-state index is 13.4. The fourth-order valence-corrected chi connectivity index (χ4v) is 6.64. The number of benzene rings is 3. The Balaban J connectivity index is 1.99. The third kappa shape index (κ3) is 1.97. The van der Waals surface area contributed by atoms with Crippen LogP contribution < -0.4 is 0 Å². The molecule has 0 bridgehead atoms. The normalized spacial score (nSPS) is 18.8. The van der Waals surface area contributed by atoms with Gasteiger partial charge in [-0.2, -0.15) is 0 Å². The highest BCUT2D eigenvalue weighted by atomic mass is 32.2. The van der Waals surface area contributed by atoms with Gasteiger partial charge in [-0.1, -0.05) is 84.6 Å². The van der Waals surface area contributed by atoms with Crippen molar-refractivity contribution >= 4 is 22.6 Å². The van der Waals surface area contributed by atoms with Crippen molar-refractivity contribution < 1.29 is 4.21 Å². The Bertz CT molecular complexity index is 789. The predicted octanol–water partition coefficient (Wildman–Crippen LogP) is 4.80.